The van der Waals surface area contributed by atoms with Crippen LogP contribution in [-0.4, -0.2) is 25.1 Å². The highest BCUT2D eigenvalue weighted by molar-refractivity contribution is 7.89. The van der Waals surface area contributed by atoms with Crippen molar-refractivity contribution in [2.75, 3.05) is 6.61 Å². The van der Waals surface area contributed by atoms with Crippen LogP contribution in [0.15, 0.2) is 40.9 Å². The van der Waals surface area contributed by atoms with Gasteiger partial charge in [0.25, 0.3) is 0 Å². The molecule has 0 aliphatic rings. The molecule has 104 valence electrons. The number of aliphatic hydroxyl groups excluding tert-OH is 1. The summed E-state index contributed by atoms with van der Waals surface area (Å²) in [5, 5.41) is 10.5. The fourth-order valence-electron chi connectivity index (χ4n) is 1.44. The summed E-state index contributed by atoms with van der Waals surface area (Å²) in [7, 11) is -3.62. The van der Waals surface area contributed by atoms with Gasteiger partial charge in [-0.3, -0.25) is 4.98 Å². The summed E-state index contributed by atoms with van der Waals surface area (Å²) in [5.74, 6) is 5.07. The van der Waals surface area contributed by atoms with Crippen molar-refractivity contribution in [3.8, 4) is 11.8 Å². The van der Waals surface area contributed by atoms with Crippen LogP contribution in [0.25, 0.3) is 0 Å². The molecule has 0 aliphatic heterocycles. The Morgan fingerprint density at radius 3 is 2.95 bits per heavy atom. The summed E-state index contributed by atoms with van der Waals surface area (Å²) >= 11 is 1.48. The summed E-state index contributed by atoms with van der Waals surface area (Å²) in [6.45, 7) is -0.0415. The van der Waals surface area contributed by atoms with Gasteiger partial charge in [-0.1, -0.05) is 17.9 Å². The van der Waals surface area contributed by atoms with Gasteiger partial charge < -0.3 is 5.11 Å². The van der Waals surface area contributed by atoms with Crippen LogP contribution < -0.4 is 4.72 Å². The van der Waals surface area contributed by atoms with Gasteiger partial charge in [-0.05, 0) is 17.5 Å². The minimum atomic E-state index is -3.62. The van der Waals surface area contributed by atoms with Gasteiger partial charge in [0, 0.05) is 29.4 Å². The van der Waals surface area contributed by atoms with Gasteiger partial charge in [-0.2, -0.15) is 0 Å². The maximum atomic E-state index is 12.1. The Morgan fingerprint density at radius 1 is 1.40 bits per heavy atom. The summed E-state index contributed by atoms with van der Waals surface area (Å²) in [4.78, 5) is 4.83. The second-order valence-corrected chi connectivity index (χ2v) is 6.57. The van der Waals surface area contributed by atoms with Crippen LogP contribution in [0.2, 0.25) is 0 Å². The maximum Gasteiger partial charge on any atom is 0.242 e. The molecule has 0 saturated heterocycles. The normalized spacial score (nSPS) is 10.8. The predicted molar refractivity (Wildman–Crippen MR) is 76.5 cm³/mol. The number of hydrogen-bond acceptors (Lipinski definition) is 5. The first kappa shape index (κ1) is 14.7. The third kappa shape index (κ3) is 3.88. The average molecular weight is 308 g/mol. The Balaban J connectivity index is 2.16. The van der Waals surface area contributed by atoms with Crippen LogP contribution in [0, 0.1) is 11.8 Å². The van der Waals surface area contributed by atoms with Crippen molar-refractivity contribution in [3.63, 3.8) is 0 Å². The second kappa shape index (κ2) is 6.63. The van der Waals surface area contributed by atoms with Crippen molar-refractivity contribution >= 4 is 21.4 Å². The number of nitrogens with zero attached hydrogens (tertiary/aromatic N) is 1. The van der Waals surface area contributed by atoms with Gasteiger partial charge in [0.15, 0.2) is 0 Å². The number of hydrogen-bond donors (Lipinski definition) is 2. The fraction of sp³-hybridized carbons (Fsp3) is 0.154. The summed E-state index contributed by atoms with van der Waals surface area (Å²) in [6.07, 6.45) is 2.71. The lowest BCUT2D eigenvalue weighted by atomic mass is 10.3. The molecule has 0 amide bonds. The van der Waals surface area contributed by atoms with Crippen molar-refractivity contribution in [1.29, 1.82) is 0 Å². The number of thiophene rings is 1. The topological polar surface area (TPSA) is 79.3 Å². The van der Waals surface area contributed by atoms with Gasteiger partial charge in [-0.15, -0.1) is 11.3 Å². The van der Waals surface area contributed by atoms with Crippen LogP contribution >= 0.6 is 11.3 Å². The molecule has 2 N–H and O–H groups in total. The molecular weight excluding hydrogens is 296 g/mol. The fourth-order valence-corrected chi connectivity index (χ4v) is 3.17. The lowest BCUT2D eigenvalue weighted by Gasteiger charge is -2.05. The van der Waals surface area contributed by atoms with Crippen molar-refractivity contribution in [2.24, 2.45) is 0 Å². The van der Waals surface area contributed by atoms with E-state index in [2.05, 4.69) is 21.5 Å². The lowest BCUT2D eigenvalue weighted by Crippen LogP contribution is -2.23. The zero-order valence-corrected chi connectivity index (χ0v) is 12.0. The molecule has 2 aromatic rings. The van der Waals surface area contributed by atoms with E-state index in [0.29, 0.717) is 5.56 Å². The first-order valence-corrected chi connectivity index (χ1v) is 8.05. The van der Waals surface area contributed by atoms with E-state index in [9.17, 15) is 8.42 Å². The molecule has 7 heteroatoms. The first-order valence-electron chi connectivity index (χ1n) is 5.68. The number of rotatable bonds is 4. The molecule has 2 aromatic heterocycles. The van der Waals surface area contributed by atoms with Gasteiger partial charge in [0.1, 0.15) is 11.5 Å². The van der Waals surface area contributed by atoms with Crippen molar-refractivity contribution in [2.45, 2.75) is 11.4 Å². The monoisotopic (exact) mass is 308 g/mol. The lowest BCUT2D eigenvalue weighted by molar-refractivity contribution is 0.350. The Morgan fingerprint density at radius 2 is 2.25 bits per heavy atom. The SMILES string of the molecule is O=S(=O)(NCc1cccs1)c1cncc(C#CCO)c1. The second-order valence-electron chi connectivity index (χ2n) is 3.77. The smallest absolute Gasteiger partial charge is 0.242 e. The highest BCUT2D eigenvalue weighted by Gasteiger charge is 2.14. The number of nitrogens with one attached hydrogen (secondary N) is 1. The van der Waals surface area contributed by atoms with E-state index in [1.54, 1.807) is 0 Å². The molecule has 0 fully saturated rings. The third-order valence-electron chi connectivity index (χ3n) is 2.35. The van der Waals surface area contributed by atoms with E-state index >= 15 is 0 Å². The summed E-state index contributed by atoms with van der Waals surface area (Å²) in [6, 6.07) is 5.14. The van der Waals surface area contributed by atoms with Crippen molar-refractivity contribution < 1.29 is 13.5 Å². The molecule has 2 heterocycles. The number of pyridine rings is 1. The molecule has 0 aliphatic carbocycles. The summed E-state index contributed by atoms with van der Waals surface area (Å²) in [5.41, 5.74) is 0.443. The number of aromatic nitrogens is 1. The molecule has 0 bridgehead atoms. The van der Waals surface area contributed by atoms with Crippen LogP contribution in [-0.2, 0) is 16.6 Å². The average Bonchev–Trinajstić information content (AvgIpc) is 2.97. The minimum absolute atomic E-state index is 0.0544. The van der Waals surface area contributed by atoms with Crippen LogP contribution in [0.4, 0.5) is 0 Å². The minimum Gasteiger partial charge on any atom is -0.384 e. The van der Waals surface area contributed by atoms with E-state index in [0.717, 1.165) is 4.88 Å². The Labute approximate surface area is 121 Å². The first-order chi connectivity index (χ1) is 9.62. The quantitative estimate of drug-likeness (QED) is 0.825. The summed E-state index contributed by atoms with van der Waals surface area (Å²) < 4.78 is 26.7. The van der Waals surface area contributed by atoms with E-state index < -0.39 is 10.0 Å². The van der Waals surface area contributed by atoms with E-state index in [1.807, 2.05) is 17.5 Å². The molecule has 0 atom stereocenters. The Kier molecular flexibility index (Phi) is 4.87. The van der Waals surface area contributed by atoms with E-state index in [1.165, 1.54) is 29.8 Å². The van der Waals surface area contributed by atoms with Gasteiger partial charge in [0.05, 0.1) is 0 Å². The molecule has 5 nitrogen and oxygen atoms in total. The van der Waals surface area contributed by atoms with Crippen LogP contribution in [0.3, 0.4) is 0 Å². The third-order valence-corrected chi connectivity index (χ3v) is 4.60. The standard InChI is InChI=1S/C13H12N2O3S2/c16-5-1-3-11-7-13(10-14-8-11)20(17,18)15-9-12-4-2-6-19-12/h2,4,6-8,10,15-16H,5,9H2. The molecule has 0 spiro atoms. The Bertz CT molecular complexity index is 728. The van der Waals surface area contributed by atoms with Crippen molar-refractivity contribution in [1.82, 2.24) is 9.71 Å². The number of aliphatic hydroxyl groups is 1. The van der Waals surface area contributed by atoms with Gasteiger partial charge in [-0.25, -0.2) is 13.1 Å². The van der Waals surface area contributed by atoms with E-state index in [-0.39, 0.29) is 18.0 Å². The zero-order valence-electron chi connectivity index (χ0n) is 10.4. The highest BCUT2D eigenvalue weighted by atomic mass is 32.2. The van der Waals surface area contributed by atoms with E-state index in [4.69, 9.17) is 5.11 Å². The molecule has 0 unspecified atom stereocenters. The molecule has 2 rings (SSSR count). The maximum absolute atomic E-state index is 12.1. The van der Waals surface area contributed by atoms with Gasteiger partial charge >= 0.3 is 0 Å². The molecular formula is C13H12N2O3S2. The largest absolute Gasteiger partial charge is 0.384 e. The van der Waals surface area contributed by atoms with Crippen LogP contribution in [0.5, 0.6) is 0 Å². The Hall–Kier alpha value is -1.72. The van der Waals surface area contributed by atoms with Crippen molar-refractivity contribution in [3.05, 3.63) is 46.4 Å². The molecule has 0 radical (unpaired) electrons. The number of sulfonamides is 1. The molecule has 20 heavy (non-hydrogen) atoms. The van der Waals surface area contributed by atoms with Gasteiger partial charge in [0.2, 0.25) is 10.0 Å². The highest BCUT2D eigenvalue weighted by Crippen LogP contribution is 2.12. The predicted octanol–water partition coefficient (Wildman–Crippen LogP) is 0.965. The zero-order chi connectivity index (χ0) is 14.4. The molecule has 0 aromatic carbocycles. The molecule has 0 saturated carbocycles. The van der Waals surface area contributed by atoms with Crippen LogP contribution in [0.1, 0.15) is 10.4 Å².